The van der Waals surface area contributed by atoms with E-state index in [0.29, 0.717) is 0 Å². The van der Waals surface area contributed by atoms with E-state index in [1.54, 1.807) is 0 Å². The first-order chi connectivity index (χ1) is 5.68. The molecule has 74 valence electrons. The Morgan fingerprint density at radius 1 is 1.08 bits per heavy atom. The maximum Gasteiger partial charge on any atom is 0.0149 e. The predicted molar refractivity (Wildman–Crippen MR) is 59.8 cm³/mol. The molecule has 0 atom stereocenters. The molecule has 0 aromatic carbocycles. The van der Waals surface area contributed by atoms with Crippen molar-refractivity contribution in [1.29, 1.82) is 0 Å². The van der Waals surface area contributed by atoms with Crippen LogP contribution in [0.2, 0.25) is 0 Å². The average molecular weight is 236 g/mol. The molecule has 0 fully saturated rings. The number of alkyl halides is 1. The van der Waals surface area contributed by atoms with E-state index in [-0.39, 0.29) is 5.54 Å². The molecule has 0 saturated carbocycles. The van der Waals surface area contributed by atoms with Gasteiger partial charge in [0.1, 0.15) is 0 Å². The van der Waals surface area contributed by atoms with Crippen molar-refractivity contribution in [3.8, 4) is 0 Å². The van der Waals surface area contributed by atoms with Crippen LogP contribution < -0.4 is 5.73 Å². The van der Waals surface area contributed by atoms with Crippen LogP contribution in [0.15, 0.2) is 0 Å². The van der Waals surface area contributed by atoms with Gasteiger partial charge in [-0.1, -0.05) is 42.6 Å². The van der Waals surface area contributed by atoms with Crippen LogP contribution in [-0.4, -0.2) is 10.9 Å². The third kappa shape index (κ3) is 5.15. The number of rotatable bonds is 7. The van der Waals surface area contributed by atoms with Crippen molar-refractivity contribution in [1.82, 2.24) is 0 Å². The first-order valence-electron chi connectivity index (χ1n) is 5.03. The van der Waals surface area contributed by atoms with Gasteiger partial charge in [-0.25, -0.2) is 0 Å². The number of hydrogen-bond acceptors (Lipinski definition) is 1. The lowest BCUT2D eigenvalue weighted by molar-refractivity contribution is 0.353. The normalized spacial score (nSPS) is 12.0. The predicted octanol–water partition coefficient (Wildman–Crippen LogP) is 3.46. The Hall–Kier alpha value is 0.440. The van der Waals surface area contributed by atoms with Crippen molar-refractivity contribution in [2.24, 2.45) is 5.73 Å². The zero-order valence-corrected chi connectivity index (χ0v) is 9.99. The molecule has 0 amide bonds. The summed E-state index contributed by atoms with van der Waals surface area (Å²) >= 11 is 3.43. The largest absolute Gasteiger partial charge is 0.325 e. The van der Waals surface area contributed by atoms with E-state index in [9.17, 15) is 0 Å². The summed E-state index contributed by atoms with van der Waals surface area (Å²) in [6.07, 6.45) is 7.28. The van der Waals surface area contributed by atoms with Gasteiger partial charge in [0.05, 0.1) is 0 Å². The van der Waals surface area contributed by atoms with Crippen LogP contribution in [-0.2, 0) is 0 Å². The molecule has 0 aromatic heterocycles. The lowest BCUT2D eigenvalue weighted by atomic mass is 9.88. The van der Waals surface area contributed by atoms with Gasteiger partial charge in [0.15, 0.2) is 0 Å². The first-order valence-corrected chi connectivity index (χ1v) is 6.15. The minimum atomic E-state index is 0.117. The molecular formula is C10H22BrN. The molecule has 0 aromatic rings. The van der Waals surface area contributed by atoms with Crippen LogP contribution in [0, 0.1) is 0 Å². The standard InChI is InChI=1S/C10H22BrN/c1-3-10(12,4-2)8-6-5-7-9-11/h3-9,12H2,1-2H3. The van der Waals surface area contributed by atoms with E-state index in [1.165, 1.54) is 25.7 Å². The Morgan fingerprint density at radius 2 is 1.67 bits per heavy atom. The molecule has 2 N–H and O–H groups in total. The SMILES string of the molecule is CCC(N)(CC)CCCCCBr. The fourth-order valence-corrected chi connectivity index (χ4v) is 1.75. The number of hydrogen-bond donors (Lipinski definition) is 1. The van der Waals surface area contributed by atoms with E-state index in [4.69, 9.17) is 5.73 Å². The van der Waals surface area contributed by atoms with Crippen LogP contribution in [0.1, 0.15) is 52.4 Å². The van der Waals surface area contributed by atoms with Crippen molar-refractivity contribution in [2.75, 3.05) is 5.33 Å². The molecule has 1 nitrogen and oxygen atoms in total. The lowest BCUT2D eigenvalue weighted by Crippen LogP contribution is -2.38. The second-order valence-electron chi connectivity index (χ2n) is 3.57. The Bertz CT molecular complexity index is 100. The zero-order valence-electron chi connectivity index (χ0n) is 8.41. The Labute approximate surface area is 85.2 Å². The van der Waals surface area contributed by atoms with Gasteiger partial charge in [-0.05, 0) is 25.7 Å². The van der Waals surface area contributed by atoms with E-state index >= 15 is 0 Å². The summed E-state index contributed by atoms with van der Waals surface area (Å²) in [5.74, 6) is 0. The molecular weight excluding hydrogens is 214 g/mol. The first kappa shape index (κ1) is 12.4. The molecule has 0 aliphatic heterocycles. The van der Waals surface area contributed by atoms with Gasteiger partial charge < -0.3 is 5.73 Å². The smallest absolute Gasteiger partial charge is 0.0149 e. The van der Waals surface area contributed by atoms with Crippen LogP contribution >= 0.6 is 15.9 Å². The second kappa shape index (κ2) is 6.90. The zero-order chi connectivity index (χ0) is 9.45. The summed E-state index contributed by atoms with van der Waals surface area (Å²) in [7, 11) is 0. The van der Waals surface area contributed by atoms with Crippen molar-refractivity contribution in [3.05, 3.63) is 0 Å². The summed E-state index contributed by atoms with van der Waals surface area (Å²) in [6.45, 7) is 4.38. The highest BCUT2D eigenvalue weighted by Gasteiger charge is 2.18. The maximum absolute atomic E-state index is 6.17. The molecule has 0 spiro atoms. The lowest BCUT2D eigenvalue weighted by Gasteiger charge is -2.26. The molecule has 0 aliphatic carbocycles. The van der Waals surface area contributed by atoms with E-state index in [1.807, 2.05) is 0 Å². The van der Waals surface area contributed by atoms with Crippen molar-refractivity contribution in [3.63, 3.8) is 0 Å². The number of unbranched alkanes of at least 4 members (excludes halogenated alkanes) is 2. The number of halogens is 1. The van der Waals surface area contributed by atoms with Gasteiger partial charge in [0, 0.05) is 10.9 Å². The third-order valence-electron chi connectivity index (χ3n) is 2.72. The monoisotopic (exact) mass is 235 g/mol. The van der Waals surface area contributed by atoms with E-state index < -0.39 is 0 Å². The van der Waals surface area contributed by atoms with Gasteiger partial charge in [-0.2, -0.15) is 0 Å². The molecule has 0 heterocycles. The highest BCUT2D eigenvalue weighted by Crippen LogP contribution is 2.19. The molecule has 0 bridgehead atoms. The quantitative estimate of drug-likeness (QED) is 0.531. The molecule has 0 saturated heterocycles. The van der Waals surface area contributed by atoms with Gasteiger partial charge in [-0.15, -0.1) is 0 Å². The minimum absolute atomic E-state index is 0.117. The summed E-state index contributed by atoms with van der Waals surface area (Å²) in [5, 5.41) is 1.13. The van der Waals surface area contributed by atoms with Gasteiger partial charge in [-0.3, -0.25) is 0 Å². The third-order valence-corrected chi connectivity index (χ3v) is 3.28. The fourth-order valence-electron chi connectivity index (χ4n) is 1.35. The van der Waals surface area contributed by atoms with Crippen molar-refractivity contribution < 1.29 is 0 Å². The van der Waals surface area contributed by atoms with Crippen LogP contribution in [0.25, 0.3) is 0 Å². The summed E-state index contributed by atoms with van der Waals surface area (Å²) in [4.78, 5) is 0. The van der Waals surface area contributed by atoms with Gasteiger partial charge in [0.2, 0.25) is 0 Å². The summed E-state index contributed by atoms with van der Waals surface area (Å²) < 4.78 is 0. The topological polar surface area (TPSA) is 26.0 Å². The van der Waals surface area contributed by atoms with Gasteiger partial charge >= 0.3 is 0 Å². The fraction of sp³-hybridized carbons (Fsp3) is 1.00. The Balaban J connectivity index is 3.45. The molecule has 12 heavy (non-hydrogen) atoms. The molecule has 0 aliphatic rings. The van der Waals surface area contributed by atoms with Crippen LogP contribution in [0.4, 0.5) is 0 Å². The van der Waals surface area contributed by atoms with Crippen molar-refractivity contribution in [2.45, 2.75) is 57.9 Å². The maximum atomic E-state index is 6.17. The Kier molecular flexibility index (Phi) is 7.16. The van der Waals surface area contributed by atoms with Crippen LogP contribution in [0.3, 0.4) is 0 Å². The van der Waals surface area contributed by atoms with E-state index in [2.05, 4.69) is 29.8 Å². The average Bonchev–Trinajstić information content (AvgIpc) is 2.12. The van der Waals surface area contributed by atoms with Crippen molar-refractivity contribution >= 4 is 15.9 Å². The highest BCUT2D eigenvalue weighted by atomic mass is 79.9. The van der Waals surface area contributed by atoms with Gasteiger partial charge in [0.25, 0.3) is 0 Å². The van der Waals surface area contributed by atoms with Crippen LogP contribution in [0.5, 0.6) is 0 Å². The summed E-state index contributed by atoms with van der Waals surface area (Å²) in [5.41, 5.74) is 6.28. The molecule has 0 radical (unpaired) electrons. The number of nitrogens with two attached hydrogens (primary N) is 1. The molecule has 0 rings (SSSR count). The second-order valence-corrected chi connectivity index (χ2v) is 4.36. The Morgan fingerprint density at radius 3 is 2.08 bits per heavy atom. The molecule has 2 heteroatoms. The van der Waals surface area contributed by atoms with E-state index in [0.717, 1.165) is 18.2 Å². The molecule has 0 unspecified atom stereocenters. The summed E-state index contributed by atoms with van der Waals surface area (Å²) in [6, 6.07) is 0. The highest BCUT2D eigenvalue weighted by molar-refractivity contribution is 9.09. The minimum Gasteiger partial charge on any atom is -0.325 e.